The minimum absolute atomic E-state index is 0.0359. The molecule has 0 saturated carbocycles. The van der Waals surface area contributed by atoms with E-state index in [1.165, 1.54) is 12.3 Å². The number of nitrogens with one attached hydrogen (secondary N) is 1. The molecular weight excluding hydrogens is 435 g/mol. The minimum atomic E-state index is -4.22. The second kappa shape index (κ2) is 8.82. The lowest BCUT2D eigenvalue weighted by atomic mass is 10.1. The molecule has 1 fully saturated rings. The molecule has 168 valence electrons. The average molecular weight is 458 g/mol. The van der Waals surface area contributed by atoms with Crippen LogP contribution in [0.25, 0.3) is 0 Å². The Kier molecular flexibility index (Phi) is 6.54. The van der Waals surface area contributed by atoms with Gasteiger partial charge in [0.1, 0.15) is 22.9 Å². The van der Waals surface area contributed by atoms with Crippen LogP contribution in [0.5, 0.6) is 11.5 Å². The van der Waals surface area contributed by atoms with E-state index in [4.69, 9.17) is 21.1 Å². The van der Waals surface area contributed by atoms with E-state index in [1.54, 1.807) is 49.9 Å². The van der Waals surface area contributed by atoms with E-state index in [9.17, 15) is 18.0 Å². The zero-order chi connectivity index (χ0) is 22.8. The summed E-state index contributed by atoms with van der Waals surface area (Å²) in [4.78, 5) is 17.6. The van der Waals surface area contributed by atoms with E-state index in [2.05, 4.69) is 10.3 Å². The maximum Gasteiger partial charge on any atom is 0.412 e. The Morgan fingerprint density at radius 2 is 1.97 bits per heavy atom. The van der Waals surface area contributed by atoms with Gasteiger partial charge in [-0.05, 0) is 51.5 Å². The Balaban J connectivity index is 1.66. The fourth-order valence-electron chi connectivity index (χ4n) is 3.08. The number of hydrogen-bond donors (Lipinski definition) is 1. The number of nitrogens with zero attached hydrogens (tertiary/aromatic N) is 2. The predicted molar refractivity (Wildman–Crippen MR) is 112 cm³/mol. The molecule has 0 spiro atoms. The third-order valence-corrected chi connectivity index (χ3v) is 4.79. The molecule has 1 aliphatic heterocycles. The lowest BCUT2D eigenvalue weighted by molar-refractivity contribution is -0.168. The Labute approximate surface area is 183 Å². The van der Waals surface area contributed by atoms with Crippen LogP contribution < -0.4 is 15.0 Å². The highest BCUT2D eigenvalue weighted by Gasteiger charge is 2.43. The van der Waals surface area contributed by atoms with Crippen LogP contribution in [0.2, 0.25) is 5.02 Å². The number of anilines is 2. The van der Waals surface area contributed by atoms with Gasteiger partial charge < -0.3 is 14.4 Å². The van der Waals surface area contributed by atoms with Gasteiger partial charge in [-0.15, -0.1) is 0 Å². The number of alkyl halides is 3. The number of aromatic nitrogens is 1. The van der Waals surface area contributed by atoms with E-state index in [-0.39, 0.29) is 24.5 Å². The second-order valence-corrected chi connectivity index (χ2v) is 8.60. The van der Waals surface area contributed by atoms with Crippen molar-refractivity contribution in [2.24, 2.45) is 5.92 Å². The molecule has 1 aliphatic rings. The third-order valence-electron chi connectivity index (χ3n) is 4.50. The number of halogens is 4. The van der Waals surface area contributed by atoms with Crippen molar-refractivity contribution in [2.45, 2.75) is 39.0 Å². The minimum Gasteiger partial charge on any atom is -0.456 e. The standard InChI is InChI=1S/C21H23ClF3N3O3/c1-20(2,3)31-19(29)27-14-4-5-17(16(22)10-14)30-15-6-8-26-18(11-15)28-9-7-13(12-28)21(23,24)25/h4-6,8,10-11,13H,7,9,12H2,1-3H3,(H,27,29). The van der Waals surface area contributed by atoms with Gasteiger partial charge in [-0.1, -0.05) is 11.6 Å². The van der Waals surface area contributed by atoms with Crippen molar-refractivity contribution in [1.82, 2.24) is 4.98 Å². The number of hydrogen-bond acceptors (Lipinski definition) is 5. The number of rotatable bonds is 4. The summed E-state index contributed by atoms with van der Waals surface area (Å²) in [6, 6.07) is 7.84. The maximum atomic E-state index is 12.9. The number of pyridine rings is 1. The molecule has 1 unspecified atom stereocenters. The Morgan fingerprint density at radius 3 is 2.58 bits per heavy atom. The summed E-state index contributed by atoms with van der Waals surface area (Å²) < 4.78 is 49.8. The molecule has 0 aliphatic carbocycles. The first-order valence-electron chi connectivity index (χ1n) is 9.66. The molecule has 0 bridgehead atoms. The molecule has 1 atom stereocenters. The molecule has 1 saturated heterocycles. The topological polar surface area (TPSA) is 63.7 Å². The van der Waals surface area contributed by atoms with E-state index >= 15 is 0 Å². The highest BCUT2D eigenvalue weighted by atomic mass is 35.5. The van der Waals surface area contributed by atoms with Gasteiger partial charge in [0.15, 0.2) is 0 Å². The Morgan fingerprint density at radius 1 is 1.23 bits per heavy atom. The van der Waals surface area contributed by atoms with Crippen LogP contribution in [0.3, 0.4) is 0 Å². The molecule has 1 N–H and O–H groups in total. The van der Waals surface area contributed by atoms with Gasteiger partial charge in [0.2, 0.25) is 0 Å². The first-order valence-corrected chi connectivity index (χ1v) is 10.0. The number of amides is 1. The van der Waals surface area contributed by atoms with E-state index < -0.39 is 23.8 Å². The predicted octanol–water partition coefficient (Wildman–Crippen LogP) is 6.26. The van der Waals surface area contributed by atoms with E-state index in [0.29, 0.717) is 23.0 Å². The van der Waals surface area contributed by atoms with Crippen molar-refractivity contribution in [3.05, 3.63) is 41.6 Å². The number of carbonyl (C=O) groups excluding carboxylic acids is 1. The molecule has 1 amide bonds. The quantitative estimate of drug-likeness (QED) is 0.586. The zero-order valence-electron chi connectivity index (χ0n) is 17.3. The summed E-state index contributed by atoms with van der Waals surface area (Å²) in [5, 5.41) is 2.82. The molecule has 0 radical (unpaired) electrons. The highest BCUT2D eigenvalue weighted by Crippen LogP contribution is 2.37. The van der Waals surface area contributed by atoms with Crippen LogP contribution in [-0.2, 0) is 4.74 Å². The maximum absolute atomic E-state index is 12.9. The van der Waals surface area contributed by atoms with Crippen LogP contribution in [-0.4, -0.2) is 35.9 Å². The summed E-state index contributed by atoms with van der Waals surface area (Å²) in [7, 11) is 0. The van der Waals surface area contributed by atoms with Gasteiger partial charge in [-0.2, -0.15) is 13.2 Å². The normalized spacial score (nSPS) is 16.9. The number of carbonyl (C=O) groups is 1. The van der Waals surface area contributed by atoms with Crippen LogP contribution >= 0.6 is 11.6 Å². The van der Waals surface area contributed by atoms with Crippen molar-refractivity contribution in [3.63, 3.8) is 0 Å². The van der Waals surface area contributed by atoms with Crippen molar-refractivity contribution >= 4 is 29.2 Å². The van der Waals surface area contributed by atoms with E-state index in [0.717, 1.165) is 0 Å². The van der Waals surface area contributed by atoms with Gasteiger partial charge in [0, 0.05) is 31.0 Å². The lowest BCUT2D eigenvalue weighted by Gasteiger charge is -2.20. The monoisotopic (exact) mass is 457 g/mol. The van der Waals surface area contributed by atoms with Gasteiger partial charge >= 0.3 is 12.3 Å². The van der Waals surface area contributed by atoms with Gasteiger partial charge in [0.25, 0.3) is 0 Å². The van der Waals surface area contributed by atoms with Crippen molar-refractivity contribution < 1.29 is 27.4 Å². The van der Waals surface area contributed by atoms with Crippen LogP contribution in [0, 0.1) is 5.92 Å². The Hall–Kier alpha value is -2.68. The second-order valence-electron chi connectivity index (χ2n) is 8.20. The molecule has 31 heavy (non-hydrogen) atoms. The summed E-state index contributed by atoms with van der Waals surface area (Å²) in [5.74, 6) is -0.250. The summed E-state index contributed by atoms with van der Waals surface area (Å²) in [6.07, 6.45) is -3.32. The van der Waals surface area contributed by atoms with Crippen LogP contribution in [0.4, 0.5) is 29.5 Å². The molecule has 2 aromatic rings. The number of benzene rings is 1. The van der Waals surface area contributed by atoms with Crippen LogP contribution in [0.1, 0.15) is 27.2 Å². The number of ether oxygens (including phenoxy) is 2. The fourth-order valence-corrected chi connectivity index (χ4v) is 3.30. The lowest BCUT2D eigenvalue weighted by Crippen LogP contribution is -2.27. The third kappa shape index (κ3) is 6.40. The summed E-state index contributed by atoms with van der Waals surface area (Å²) in [5.41, 5.74) is -0.205. The summed E-state index contributed by atoms with van der Waals surface area (Å²) in [6.45, 7) is 5.40. The average Bonchev–Trinajstić information content (AvgIpc) is 3.13. The van der Waals surface area contributed by atoms with Gasteiger partial charge in [-0.25, -0.2) is 9.78 Å². The van der Waals surface area contributed by atoms with Crippen molar-refractivity contribution in [3.8, 4) is 11.5 Å². The zero-order valence-corrected chi connectivity index (χ0v) is 18.0. The first-order chi connectivity index (χ1) is 14.4. The molecule has 2 heterocycles. The van der Waals surface area contributed by atoms with Crippen molar-refractivity contribution in [2.75, 3.05) is 23.3 Å². The fraction of sp³-hybridized carbons (Fsp3) is 0.429. The van der Waals surface area contributed by atoms with Gasteiger partial charge in [0.05, 0.1) is 10.9 Å². The molecule has 1 aromatic heterocycles. The van der Waals surface area contributed by atoms with Gasteiger partial charge in [-0.3, -0.25) is 5.32 Å². The highest BCUT2D eigenvalue weighted by molar-refractivity contribution is 6.32. The van der Waals surface area contributed by atoms with E-state index in [1.807, 2.05) is 0 Å². The molecule has 6 nitrogen and oxygen atoms in total. The largest absolute Gasteiger partial charge is 0.456 e. The smallest absolute Gasteiger partial charge is 0.412 e. The molecule has 10 heteroatoms. The molecule has 3 rings (SSSR count). The Bertz CT molecular complexity index is 947. The molecular formula is C21H23ClF3N3O3. The van der Waals surface area contributed by atoms with Crippen molar-refractivity contribution in [1.29, 1.82) is 0 Å². The molecule has 1 aromatic carbocycles. The SMILES string of the molecule is CC(C)(C)OC(=O)Nc1ccc(Oc2ccnc(N3CCC(C(F)(F)F)C3)c2)c(Cl)c1. The summed E-state index contributed by atoms with van der Waals surface area (Å²) >= 11 is 6.26. The first kappa shape index (κ1) is 23.0. The van der Waals surface area contributed by atoms with Crippen LogP contribution in [0.15, 0.2) is 36.5 Å².